The van der Waals surface area contributed by atoms with Crippen molar-refractivity contribution in [2.75, 3.05) is 35.6 Å². The Morgan fingerprint density at radius 3 is 2.75 bits per heavy atom. The van der Waals surface area contributed by atoms with Gasteiger partial charge in [-0.15, -0.1) is 0 Å². The van der Waals surface area contributed by atoms with Crippen molar-refractivity contribution in [1.82, 2.24) is 9.97 Å². The van der Waals surface area contributed by atoms with E-state index in [0.29, 0.717) is 17.3 Å². The molecular formula is C15H27N5. The fraction of sp³-hybridized carbons (Fsp3) is 0.733. The Balaban J connectivity index is 2.11. The summed E-state index contributed by atoms with van der Waals surface area (Å²) in [6, 6.07) is 2.01. The molecule has 0 aromatic carbocycles. The van der Waals surface area contributed by atoms with Crippen LogP contribution in [0, 0.1) is 11.3 Å². The molecule has 112 valence electrons. The van der Waals surface area contributed by atoms with E-state index < -0.39 is 0 Å². The van der Waals surface area contributed by atoms with Gasteiger partial charge in [0, 0.05) is 25.7 Å². The van der Waals surface area contributed by atoms with E-state index in [2.05, 4.69) is 47.9 Å². The third-order valence-corrected chi connectivity index (χ3v) is 4.02. The van der Waals surface area contributed by atoms with Gasteiger partial charge in [0.25, 0.3) is 0 Å². The van der Waals surface area contributed by atoms with Gasteiger partial charge in [-0.2, -0.15) is 9.97 Å². The Morgan fingerprint density at radius 1 is 1.40 bits per heavy atom. The molecule has 0 amide bonds. The molecule has 3 N–H and O–H groups in total. The summed E-state index contributed by atoms with van der Waals surface area (Å²) in [5.74, 6) is 2.82. The lowest BCUT2D eigenvalue weighted by atomic mass is 9.80. The lowest BCUT2D eigenvalue weighted by Gasteiger charge is -2.27. The highest BCUT2D eigenvalue weighted by molar-refractivity contribution is 5.53. The van der Waals surface area contributed by atoms with Crippen molar-refractivity contribution in [1.29, 1.82) is 0 Å². The van der Waals surface area contributed by atoms with E-state index in [9.17, 15) is 0 Å². The first-order valence-electron chi connectivity index (χ1n) is 7.53. The van der Waals surface area contributed by atoms with Gasteiger partial charge in [0.1, 0.15) is 11.6 Å². The van der Waals surface area contributed by atoms with Crippen molar-refractivity contribution in [3.8, 4) is 0 Å². The Morgan fingerprint density at radius 2 is 2.15 bits per heavy atom. The number of nitrogens with two attached hydrogens (primary N) is 1. The third-order valence-electron chi connectivity index (χ3n) is 4.02. The molecule has 1 saturated heterocycles. The van der Waals surface area contributed by atoms with Crippen LogP contribution in [-0.2, 0) is 0 Å². The molecule has 1 aromatic heterocycles. The average Bonchev–Trinajstić information content (AvgIpc) is 2.85. The minimum absolute atomic E-state index is 0.344. The lowest BCUT2D eigenvalue weighted by molar-refractivity contribution is 0.263. The SMILES string of the molecule is CCCNc1cc(N2CCC(C(C)(C)C)C2)nc(N)n1. The Labute approximate surface area is 122 Å². The zero-order chi connectivity index (χ0) is 14.8. The fourth-order valence-electron chi connectivity index (χ4n) is 2.63. The molecule has 1 aliphatic heterocycles. The first-order valence-corrected chi connectivity index (χ1v) is 7.53. The maximum Gasteiger partial charge on any atom is 0.223 e. The summed E-state index contributed by atoms with van der Waals surface area (Å²) in [6.07, 6.45) is 2.28. The molecule has 1 unspecified atom stereocenters. The zero-order valence-corrected chi connectivity index (χ0v) is 13.1. The minimum atomic E-state index is 0.344. The molecule has 20 heavy (non-hydrogen) atoms. The second kappa shape index (κ2) is 5.85. The maximum atomic E-state index is 5.83. The third kappa shape index (κ3) is 3.52. The van der Waals surface area contributed by atoms with Gasteiger partial charge in [0.15, 0.2) is 0 Å². The molecule has 5 heteroatoms. The van der Waals surface area contributed by atoms with E-state index >= 15 is 0 Å². The second-order valence-corrected chi connectivity index (χ2v) is 6.69. The van der Waals surface area contributed by atoms with Crippen molar-refractivity contribution >= 4 is 17.6 Å². The van der Waals surface area contributed by atoms with Crippen LogP contribution in [-0.4, -0.2) is 29.6 Å². The van der Waals surface area contributed by atoms with Gasteiger partial charge in [0.2, 0.25) is 5.95 Å². The molecule has 0 saturated carbocycles. The van der Waals surface area contributed by atoms with Crippen LogP contribution in [0.1, 0.15) is 40.5 Å². The summed E-state index contributed by atoms with van der Waals surface area (Å²) in [7, 11) is 0. The van der Waals surface area contributed by atoms with Crippen molar-refractivity contribution in [3.05, 3.63) is 6.07 Å². The molecule has 2 rings (SSSR count). The second-order valence-electron chi connectivity index (χ2n) is 6.69. The van der Waals surface area contributed by atoms with E-state index in [1.165, 1.54) is 6.42 Å². The van der Waals surface area contributed by atoms with Crippen molar-refractivity contribution in [2.24, 2.45) is 11.3 Å². The summed E-state index contributed by atoms with van der Waals surface area (Å²) in [6.45, 7) is 12.1. The van der Waals surface area contributed by atoms with Gasteiger partial charge >= 0.3 is 0 Å². The summed E-state index contributed by atoms with van der Waals surface area (Å²) in [5.41, 5.74) is 6.17. The number of nitrogens with zero attached hydrogens (tertiary/aromatic N) is 3. The van der Waals surface area contributed by atoms with Crippen LogP contribution < -0.4 is 16.0 Å². The number of nitrogen functional groups attached to an aromatic ring is 1. The molecule has 0 spiro atoms. The quantitative estimate of drug-likeness (QED) is 0.886. The predicted molar refractivity (Wildman–Crippen MR) is 85.0 cm³/mol. The van der Waals surface area contributed by atoms with E-state index in [1.54, 1.807) is 0 Å². The highest BCUT2D eigenvalue weighted by Gasteiger charge is 2.32. The highest BCUT2D eigenvalue weighted by atomic mass is 15.2. The van der Waals surface area contributed by atoms with E-state index in [0.717, 1.165) is 37.7 Å². The van der Waals surface area contributed by atoms with Gasteiger partial charge in [0.05, 0.1) is 0 Å². The van der Waals surface area contributed by atoms with Crippen LogP contribution in [0.3, 0.4) is 0 Å². The summed E-state index contributed by atoms with van der Waals surface area (Å²) < 4.78 is 0. The monoisotopic (exact) mass is 277 g/mol. The largest absolute Gasteiger partial charge is 0.370 e. The van der Waals surface area contributed by atoms with Crippen molar-refractivity contribution in [2.45, 2.75) is 40.5 Å². The fourth-order valence-corrected chi connectivity index (χ4v) is 2.63. The molecule has 1 aliphatic rings. The molecule has 1 aromatic rings. The van der Waals surface area contributed by atoms with E-state index in [1.807, 2.05) is 6.07 Å². The minimum Gasteiger partial charge on any atom is -0.370 e. The van der Waals surface area contributed by atoms with Gasteiger partial charge in [-0.1, -0.05) is 27.7 Å². The first kappa shape index (κ1) is 14.9. The maximum absolute atomic E-state index is 5.83. The van der Waals surface area contributed by atoms with Gasteiger partial charge in [-0.3, -0.25) is 0 Å². The summed E-state index contributed by atoms with van der Waals surface area (Å²) in [4.78, 5) is 11.0. The van der Waals surface area contributed by atoms with Gasteiger partial charge < -0.3 is 16.0 Å². The highest BCUT2D eigenvalue weighted by Crippen LogP contribution is 2.35. The van der Waals surface area contributed by atoms with Crippen LogP contribution in [0.25, 0.3) is 0 Å². The van der Waals surface area contributed by atoms with Crippen LogP contribution in [0.2, 0.25) is 0 Å². The molecule has 1 fully saturated rings. The number of rotatable bonds is 4. The number of aromatic nitrogens is 2. The molecule has 0 radical (unpaired) electrons. The zero-order valence-electron chi connectivity index (χ0n) is 13.1. The van der Waals surface area contributed by atoms with E-state index in [-0.39, 0.29) is 0 Å². The predicted octanol–water partition coefficient (Wildman–Crippen LogP) is 2.75. The van der Waals surface area contributed by atoms with Crippen LogP contribution >= 0.6 is 0 Å². The number of nitrogens with one attached hydrogen (secondary N) is 1. The molecule has 2 heterocycles. The lowest BCUT2D eigenvalue weighted by Crippen LogP contribution is -2.26. The molecule has 0 aliphatic carbocycles. The Kier molecular flexibility index (Phi) is 4.35. The van der Waals surface area contributed by atoms with E-state index in [4.69, 9.17) is 5.73 Å². The average molecular weight is 277 g/mol. The van der Waals surface area contributed by atoms with Crippen molar-refractivity contribution < 1.29 is 0 Å². The number of anilines is 3. The standard InChI is InChI=1S/C15H27N5/c1-5-7-17-12-9-13(19-14(16)18-12)20-8-6-11(10-20)15(2,3)4/h9,11H,5-8,10H2,1-4H3,(H3,16,17,18,19). The molecule has 1 atom stereocenters. The molecular weight excluding hydrogens is 250 g/mol. The summed E-state index contributed by atoms with van der Waals surface area (Å²) in [5, 5.41) is 3.28. The molecule has 5 nitrogen and oxygen atoms in total. The summed E-state index contributed by atoms with van der Waals surface area (Å²) >= 11 is 0. The van der Waals surface area contributed by atoms with Crippen LogP contribution in [0.4, 0.5) is 17.6 Å². The first-order chi connectivity index (χ1) is 9.40. The van der Waals surface area contributed by atoms with Crippen molar-refractivity contribution in [3.63, 3.8) is 0 Å². The number of hydrogen-bond acceptors (Lipinski definition) is 5. The normalized spacial score (nSPS) is 19.4. The number of hydrogen-bond donors (Lipinski definition) is 2. The Bertz CT molecular complexity index is 452. The smallest absolute Gasteiger partial charge is 0.223 e. The van der Waals surface area contributed by atoms with Gasteiger partial charge in [-0.05, 0) is 24.2 Å². The van der Waals surface area contributed by atoms with Crippen LogP contribution in [0.15, 0.2) is 6.07 Å². The topological polar surface area (TPSA) is 67.1 Å². The van der Waals surface area contributed by atoms with Gasteiger partial charge in [-0.25, -0.2) is 0 Å². The van der Waals surface area contributed by atoms with Crippen LogP contribution in [0.5, 0.6) is 0 Å². The molecule has 0 bridgehead atoms. The Hall–Kier alpha value is -1.52.